The SMILES string of the molecule is C.CC.CC.CC.Cc1ccccc1.Cc1ccccc1. The first-order valence-electron chi connectivity index (χ1n) is 7.82. The van der Waals surface area contributed by atoms with Gasteiger partial charge in [0.2, 0.25) is 0 Å². The van der Waals surface area contributed by atoms with Gasteiger partial charge in [-0.3, -0.25) is 0 Å². The molecule has 0 fully saturated rings. The Morgan fingerprint density at radius 2 is 0.619 bits per heavy atom. The van der Waals surface area contributed by atoms with Crippen molar-refractivity contribution in [3.05, 3.63) is 71.8 Å². The molecule has 0 aliphatic carbocycles. The lowest BCUT2D eigenvalue weighted by Gasteiger charge is -1.82. The molecule has 21 heavy (non-hydrogen) atoms. The summed E-state index contributed by atoms with van der Waals surface area (Å²) in [7, 11) is 0. The molecular weight excluding hydrogens is 252 g/mol. The molecule has 0 heteroatoms. The molecular formula is C21H38. The van der Waals surface area contributed by atoms with Gasteiger partial charge in [0.25, 0.3) is 0 Å². The van der Waals surface area contributed by atoms with E-state index in [1.54, 1.807) is 0 Å². The maximum Gasteiger partial charge on any atom is -0.0398 e. The van der Waals surface area contributed by atoms with Crippen LogP contribution in [-0.2, 0) is 0 Å². The van der Waals surface area contributed by atoms with Gasteiger partial charge in [-0.15, -0.1) is 0 Å². The first-order chi connectivity index (χ1) is 9.79. The van der Waals surface area contributed by atoms with Crippen molar-refractivity contribution >= 4 is 0 Å². The predicted molar refractivity (Wildman–Crippen MR) is 103 cm³/mol. The molecule has 0 nitrogen and oxygen atoms in total. The van der Waals surface area contributed by atoms with Gasteiger partial charge < -0.3 is 0 Å². The van der Waals surface area contributed by atoms with E-state index in [9.17, 15) is 0 Å². The zero-order valence-corrected chi connectivity index (χ0v) is 14.8. The van der Waals surface area contributed by atoms with E-state index >= 15 is 0 Å². The Labute approximate surface area is 135 Å². The van der Waals surface area contributed by atoms with Gasteiger partial charge in [0.15, 0.2) is 0 Å². The van der Waals surface area contributed by atoms with Crippen molar-refractivity contribution < 1.29 is 0 Å². The molecule has 0 saturated heterocycles. The fraction of sp³-hybridized carbons (Fsp3) is 0.429. The van der Waals surface area contributed by atoms with Crippen molar-refractivity contribution in [2.75, 3.05) is 0 Å². The van der Waals surface area contributed by atoms with Crippen molar-refractivity contribution in [3.8, 4) is 0 Å². The molecule has 0 aromatic heterocycles. The molecule has 0 spiro atoms. The Balaban J connectivity index is -0.0000000984. The Morgan fingerprint density at radius 1 is 0.429 bits per heavy atom. The molecule has 0 unspecified atom stereocenters. The summed E-state index contributed by atoms with van der Waals surface area (Å²) in [6.07, 6.45) is 0. The molecule has 122 valence electrons. The van der Waals surface area contributed by atoms with Gasteiger partial charge in [-0.05, 0) is 13.8 Å². The van der Waals surface area contributed by atoms with E-state index < -0.39 is 0 Å². The largest absolute Gasteiger partial charge is 0.0776 e. The lowest BCUT2D eigenvalue weighted by atomic mass is 10.2. The first-order valence-corrected chi connectivity index (χ1v) is 7.82. The third kappa shape index (κ3) is 23.9. The van der Waals surface area contributed by atoms with Crippen LogP contribution in [0.3, 0.4) is 0 Å². The summed E-state index contributed by atoms with van der Waals surface area (Å²) in [5, 5.41) is 0. The molecule has 0 bridgehead atoms. The Bertz CT molecular complexity index is 297. The van der Waals surface area contributed by atoms with E-state index in [4.69, 9.17) is 0 Å². The maximum absolute atomic E-state index is 2.08. The van der Waals surface area contributed by atoms with E-state index in [0.29, 0.717) is 0 Å². The van der Waals surface area contributed by atoms with Crippen LogP contribution in [-0.4, -0.2) is 0 Å². The van der Waals surface area contributed by atoms with Crippen LogP contribution in [0, 0.1) is 13.8 Å². The van der Waals surface area contributed by atoms with E-state index in [1.807, 2.05) is 77.9 Å². The lowest BCUT2D eigenvalue weighted by molar-refractivity contribution is 1.48. The molecule has 0 radical (unpaired) electrons. The van der Waals surface area contributed by atoms with Gasteiger partial charge in [-0.2, -0.15) is 0 Å². The molecule has 0 heterocycles. The fourth-order valence-corrected chi connectivity index (χ4v) is 1.07. The average molecular weight is 291 g/mol. The molecule has 2 aromatic carbocycles. The summed E-state index contributed by atoms with van der Waals surface area (Å²) in [6.45, 7) is 16.2. The van der Waals surface area contributed by atoms with Gasteiger partial charge in [0.1, 0.15) is 0 Å². The second-order valence-corrected chi connectivity index (χ2v) is 3.31. The fourth-order valence-electron chi connectivity index (χ4n) is 1.07. The monoisotopic (exact) mass is 290 g/mol. The highest BCUT2D eigenvalue weighted by molar-refractivity contribution is 5.12. The van der Waals surface area contributed by atoms with Crippen LogP contribution in [0.1, 0.15) is 60.1 Å². The minimum absolute atomic E-state index is 0. The van der Waals surface area contributed by atoms with Crippen molar-refractivity contribution in [2.45, 2.75) is 62.8 Å². The summed E-state index contributed by atoms with van der Waals surface area (Å²) >= 11 is 0. The standard InChI is InChI=1S/2C7H8.3C2H6.CH4/c2*1-7-5-3-2-4-6-7;3*1-2;/h2*2-6H,1H3;3*1-2H3;1H4. The van der Waals surface area contributed by atoms with Crippen LogP contribution >= 0.6 is 0 Å². The molecule has 2 rings (SSSR count). The van der Waals surface area contributed by atoms with Crippen LogP contribution in [0.5, 0.6) is 0 Å². The third-order valence-corrected chi connectivity index (χ3v) is 1.88. The average Bonchev–Trinajstić information content (AvgIpc) is 2.55. The number of aryl methyl sites for hydroxylation is 2. The summed E-state index contributed by atoms with van der Waals surface area (Å²) in [6, 6.07) is 20.5. The van der Waals surface area contributed by atoms with Crippen LogP contribution in [0.2, 0.25) is 0 Å². The summed E-state index contributed by atoms with van der Waals surface area (Å²) < 4.78 is 0. The quantitative estimate of drug-likeness (QED) is 0.466. The van der Waals surface area contributed by atoms with E-state index in [-0.39, 0.29) is 7.43 Å². The highest BCUT2D eigenvalue weighted by Gasteiger charge is 1.72. The Kier molecular flexibility index (Phi) is 35.5. The van der Waals surface area contributed by atoms with Crippen LogP contribution in [0.15, 0.2) is 60.7 Å². The summed E-state index contributed by atoms with van der Waals surface area (Å²) in [5.41, 5.74) is 2.64. The van der Waals surface area contributed by atoms with E-state index in [1.165, 1.54) is 11.1 Å². The summed E-state index contributed by atoms with van der Waals surface area (Å²) in [4.78, 5) is 0. The van der Waals surface area contributed by atoms with Gasteiger partial charge >= 0.3 is 0 Å². The Hall–Kier alpha value is -1.56. The first kappa shape index (κ1) is 27.7. The topological polar surface area (TPSA) is 0 Å². The minimum Gasteiger partial charge on any atom is -0.0776 e. The summed E-state index contributed by atoms with van der Waals surface area (Å²) in [5.74, 6) is 0. The predicted octanol–water partition coefficient (Wildman–Crippen LogP) is 7.70. The zero-order valence-electron chi connectivity index (χ0n) is 14.8. The molecule has 0 N–H and O–H groups in total. The van der Waals surface area contributed by atoms with Gasteiger partial charge in [-0.1, -0.05) is 121 Å². The van der Waals surface area contributed by atoms with Crippen LogP contribution in [0.25, 0.3) is 0 Å². The number of rotatable bonds is 0. The smallest absolute Gasteiger partial charge is 0.0398 e. The Morgan fingerprint density at radius 3 is 0.714 bits per heavy atom. The van der Waals surface area contributed by atoms with Crippen LogP contribution < -0.4 is 0 Å². The molecule has 0 amide bonds. The van der Waals surface area contributed by atoms with Crippen molar-refractivity contribution in [1.82, 2.24) is 0 Å². The van der Waals surface area contributed by atoms with E-state index in [2.05, 4.69) is 38.1 Å². The highest BCUT2D eigenvalue weighted by atomic mass is 13.8. The van der Waals surface area contributed by atoms with Gasteiger partial charge in [0, 0.05) is 0 Å². The normalized spacial score (nSPS) is 6.67. The van der Waals surface area contributed by atoms with Crippen molar-refractivity contribution in [2.24, 2.45) is 0 Å². The van der Waals surface area contributed by atoms with Gasteiger partial charge in [-0.25, -0.2) is 0 Å². The third-order valence-electron chi connectivity index (χ3n) is 1.88. The van der Waals surface area contributed by atoms with Crippen LogP contribution in [0.4, 0.5) is 0 Å². The second-order valence-electron chi connectivity index (χ2n) is 3.31. The molecule has 0 aliphatic rings. The lowest BCUT2D eigenvalue weighted by Crippen LogP contribution is -1.62. The number of hydrogen-bond acceptors (Lipinski definition) is 0. The second kappa shape index (κ2) is 26.9. The maximum atomic E-state index is 2.08. The van der Waals surface area contributed by atoms with Crippen molar-refractivity contribution in [3.63, 3.8) is 0 Å². The molecule has 0 saturated carbocycles. The number of hydrogen-bond donors (Lipinski definition) is 0. The molecule has 0 atom stereocenters. The minimum atomic E-state index is 0. The van der Waals surface area contributed by atoms with Gasteiger partial charge in [0.05, 0.1) is 0 Å². The van der Waals surface area contributed by atoms with Crippen molar-refractivity contribution in [1.29, 1.82) is 0 Å². The van der Waals surface area contributed by atoms with E-state index in [0.717, 1.165) is 0 Å². The molecule has 0 aliphatic heterocycles. The highest BCUT2D eigenvalue weighted by Crippen LogP contribution is 1.92. The zero-order chi connectivity index (χ0) is 16.2. The molecule has 2 aromatic rings. The number of benzene rings is 2.